The van der Waals surface area contributed by atoms with Gasteiger partial charge in [0.25, 0.3) is 11.6 Å². The van der Waals surface area contributed by atoms with Gasteiger partial charge in [0, 0.05) is 24.7 Å². The molecular formula is C17H26N4O4. The lowest BCUT2D eigenvalue weighted by Crippen LogP contribution is -2.50. The highest BCUT2D eigenvalue weighted by molar-refractivity contribution is 5.80. The number of benzene rings is 1. The predicted molar refractivity (Wildman–Crippen MR) is 93.3 cm³/mol. The van der Waals surface area contributed by atoms with Gasteiger partial charge in [0.1, 0.15) is 6.10 Å². The lowest BCUT2D eigenvalue weighted by molar-refractivity contribution is -0.384. The minimum Gasteiger partial charge on any atom is -0.382 e. The summed E-state index contributed by atoms with van der Waals surface area (Å²) in [7, 11) is 0. The highest BCUT2D eigenvalue weighted by Gasteiger charge is 2.26. The van der Waals surface area contributed by atoms with E-state index < -0.39 is 23.0 Å². The van der Waals surface area contributed by atoms with Gasteiger partial charge in [-0.3, -0.25) is 20.3 Å². The van der Waals surface area contributed by atoms with Crippen LogP contribution >= 0.6 is 0 Å². The Labute approximate surface area is 146 Å². The van der Waals surface area contributed by atoms with Crippen LogP contribution in [0.5, 0.6) is 0 Å². The van der Waals surface area contributed by atoms with Gasteiger partial charge < -0.3 is 10.8 Å². The van der Waals surface area contributed by atoms with E-state index in [1.807, 2.05) is 0 Å². The van der Waals surface area contributed by atoms with Crippen LogP contribution in [-0.4, -0.2) is 28.1 Å². The molecule has 1 aromatic carbocycles. The fourth-order valence-electron chi connectivity index (χ4n) is 3.17. The topological polar surface area (TPSA) is 131 Å². The Kier molecular flexibility index (Phi) is 7.30. The number of aliphatic hydroxyl groups excluding tert-OH is 1. The first-order valence-electron chi connectivity index (χ1n) is 8.67. The minimum atomic E-state index is -1.26. The molecule has 0 aromatic heterocycles. The van der Waals surface area contributed by atoms with Crippen molar-refractivity contribution in [3.8, 4) is 0 Å². The van der Waals surface area contributed by atoms with Crippen molar-refractivity contribution in [2.75, 3.05) is 0 Å². The molecule has 1 aliphatic rings. The second-order valence-electron chi connectivity index (χ2n) is 6.61. The van der Waals surface area contributed by atoms with E-state index in [1.54, 1.807) is 12.1 Å². The summed E-state index contributed by atoms with van der Waals surface area (Å²) >= 11 is 0. The molecule has 0 spiro atoms. The number of nitro benzene ring substituents is 1. The van der Waals surface area contributed by atoms with Gasteiger partial charge in [-0.1, -0.05) is 44.2 Å². The standard InChI is InChI=1S/C17H26N4O4/c18-15(10-12-4-2-1-3-5-12)16(22)17(23)20-19-11-13-6-8-14(9-7-13)21(24)25/h6-9,12,15-16,19,22H,1-5,10-11,18H2,(H,20,23). The number of hydrogen-bond donors (Lipinski definition) is 4. The maximum Gasteiger partial charge on any atom is 0.269 e. The highest BCUT2D eigenvalue weighted by Crippen LogP contribution is 2.27. The van der Waals surface area contributed by atoms with Crippen molar-refractivity contribution in [3.05, 3.63) is 39.9 Å². The van der Waals surface area contributed by atoms with Crippen LogP contribution in [0.2, 0.25) is 0 Å². The number of hydrogen-bond acceptors (Lipinski definition) is 6. The minimum absolute atomic E-state index is 0.0110. The number of amides is 1. The third-order valence-electron chi connectivity index (χ3n) is 4.66. The van der Waals surface area contributed by atoms with Crippen LogP contribution in [0.3, 0.4) is 0 Å². The van der Waals surface area contributed by atoms with Gasteiger partial charge in [-0.15, -0.1) is 0 Å². The Balaban J connectivity index is 1.72. The number of nitrogens with one attached hydrogen (secondary N) is 2. The Bertz CT molecular complexity index is 573. The molecule has 1 fully saturated rings. The van der Waals surface area contributed by atoms with Gasteiger partial charge in [-0.2, -0.15) is 0 Å². The van der Waals surface area contributed by atoms with E-state index in [1.165, 1.54) is 31.4 Å². The van der Waals surface area contributed by atoms with Gasteiger partial charge in [0.05, 0.1) is 4.92 Å². The summed E-state index contributed by atoms with van der Waals surface area (Å²) in [6, 6.07) is 5.41. The fourth-order valence-corrected chi connectivity index (χ4v) is 3.17. The van der Waals surface area contributed by atoms with Crippen LogP contribution in [0.15, 0.2) is 24.3 Å². The molecule has 0 aliphatic heterocycles. The van der Waals surface area contributed by atoms with E-state index in [4.69, 9.17) is 5.73 Å². The largest absolute Gasteiger partial charge is 0.382 e. The molecule has 138 valence electrons. The van der Waals surface area contributed by atoms with Crippen molar-refractivity contribution in [3.63, 3.8) is 0 Å². The summed E-state index contributed by atoms with van der Waals surface area (Å²) < 4.78 is 0. The van der Waals surface area contributed by atoms with Gasteiger partial charge >= 0.3 is 0 Å². The Morgan fingerprint density at radius 1 is 1.28 bits per heavy atom. The fraction of sp³-hybridized carbons (Fsp3) is 0.588. The third-order valence-corrected chi connectivity index (χ3v) is 4.66. The number of hydrazine groups is 1. The summed E-state index contributed by atoms with van der Waals surface area (Å²) in [5.74, 6) is -0.0792. The molecular weight excluding hydrogens is 324 g/mol. The summed E-state index contributed by atoms with van der Waals surface area (Å²) in [5.41, 5.74) is 11.9. The third kappa shape index (κ3) is 6.08. The SMILES string of the molecule is NC(CC1CCCCC1)C(O)C(=O)NNCc1ccc([N+](=O)[O-])cc1. The monoisotopic (exact) mass is 350 g/mol. The average molecular weight is 350 g/mol. The summed E-state index contributed by atoms with van der Waals surface area (Å²) in [6.45, 7) is 0.286. The van der Waals surface area contributed by atoms with Crippen LogP contribution in [0.25, 0.3) is 0 Å². The van der Waals surface area contributed by atoms with Crippen molar-refractivity contribution in [1.82, 2.24) is 10.9 Å². The van der Waals surface area contributed by atoms with Gasteiger partial charge in [-0.25, -0.2) is 5.43 Å². The van der Waals surface area contributed by atoms with E-state index in [0.717, 1.165) is 18.4 Å². The lowest BCUT2D eigenvalue weighted by atomic mass is 9.84. The first-order chi connectivity index (χ1) is 12.0. The van der Waals surface area contributed by atoms with Crippen molar-refractivity contribution >= 4 is 11.6 Å². The number of nitro groups is 1. The second-order valence-corrected chi connectivity index (χ2v) is 6.61. The van der Waals surface area contributed by atoms with Crippen LogP contribution in [0.4, 0.5) is 5.69 Å². The summed E-state index contributed by atoms with van der Waals surface area (Å²) in [4.78, 5) is 22.1. The predicted octanol–water partition coefficient (Wildman–Crippen LogP) is 1.37. The smallest absolute Gasteiger partial charge is 0.269 e. The second kappa shape index (κ2) is 9.45. The number of carbonyl (C=O) groups is 1. The molecule has 2 rings (SSSR count). The van der Waals surface area contributed by atoms with E-state index in [2.05, 4.69) is 10.9 Å². The zero-order chi connectivity index (χ0) is 18.2. The van der Waals surface area contributed by atoms with Crippen LogP contribution in [-0.2, 0) is 11.3 Å². The molecule has 2 unspecified atom stereocenters. The zero-order valence-corrected chi connectivity index (χ0v) is 14.2. The molecule has 0 heterocycles. The molecule has 25 heavy (non-hydrogen) atoms. The average Bonchev–Trinajstić information content (AvgIpc) is 2.62. The molecule has 8 nitrogen and oxygen atoms in total. The number of aliphatic hydroxyl groups is 1. The maximum atomic E-state index is 12.0. The number of non-ortho nitro benzene ring substituents is 1. The molecule has 1 aliphatic carbocycles. The molecule has 8 heteroatoms. The number of nitrogens with two attached hydrogens (primary N) is 1. The van der Waals surface area contributed by atoms with E-state index in [9.17, 15) is 20.0 Å². The Hall–Kier alpha value is -2.03. The molecule has 0 bridgehead atoms. The van der Waals surface area contributed by atoms with Gasteiger partial charge in [-0.05, 0) is 17.9 Å². The summed E-state index contributed by atoms with van der Waals surface area (Å²) in [5, 5.41) is 20.6. The van der Waals surface area contributed by atoms with Crippen LogP contribution in [0.1, 0.15) is 44.1 Å². The van der Waals surface area contributed by atoms with Crippen molar-refractivity contribution < 1.29 is 14.8 Å². The molecule has 0 saturated heterocycles. The van der Waals surface area contributed by atoms with E-state index in [-0.39, 0.29) is 12.2 Å². The molecule has 0 radical (unpaired) electrons. The van der Waals surface area contributed by atoms with Crippen LogP contribution in [0, 0.1) is 16.0 Å². The Morgan fingerprint density at radius 2 is 1.92 bits per heavy atom. The molecule has 5 N–H and O–H groups in total. The lowest BCUT2D eigenvalue weighted by Gasteiger charge is -2.26. The summed E-state index contributed by atoms with van der Waals surface area (Å²) in [6.07, 6.45) is 5.25. The number of rotatable bonds is 8. The first-order valence-corrected chi connectivity index (χ1v) is 8.67. The van der Waals surface area contributed by atoms with Gasteiger partial charge in [0.2, 0.25) is 0 Å². The number of nitrogens with zero attached hydrogens (tertiary/aromatic N) is 1. The van der Waals surface area contributed by atoms with Crippen molar-refractivity contribution in [2.45, 2.75) is 57.2 Å². The molecule has 1 saturated carbocycles. The number of carbonyl (C=O) groups excluding carboxylic acids is 1. The highest BCUT2D eigenvalue weighted by atomic mass is 16.6. The normalized spacial score (nSPS) is 17.7. The molecule has 2 atom stereocenters. The van der Waals surface area contributed by atoms with E-state index >= 15 is 0 Å². The first kappa shape index (κ1) is 19.3. The molecule has 1 amide bonds. The van der Waals surface area contributed by atoms with Crippen molar-refractivity contribution in [2.24, 2.45) is 11.7 Å². The van der Waals surface area contributed by atoms with Crippen LogP contribution < -0.4 is 16.6 Å². The maximum absolute atomic E-state index is 12.0. The quantitative estimate of drug-likeness (QED) is 0.414. The van der Waals surface area contributed by atoms with Gasteiger partial charge in [0.15, 0.2) is 0 Å². The van der Waals surface area contributed by atoms with E-state index in [0.29, 0.717) is 12.3 Å². The van der Waals surface area contributed by atoms with Crippen molar-refractivity contribution in [1.29, 1.82) is 0 Å². The zero-order valence-electron chi connectivity index (χ0n) is 14.2. The Morgan fingerprint density at radius 3 is 2.52 bits per heavy atom. The molecule has 1 aromatic rings.